The van der Waals surface area contributed by atoms with Crippen molar-refractivity contribution >= 4 is 51.1 Å². The molecule has 0 aliphatic rings. The fraction of sp³-hybridized carbons (Fsp3) is 0.118. The van der Waals surface area contributed by atoms with Crippen molar-refractivity contribution in [3.05, 3.63) is 58.8 Å². The summed E-state index contributed by atoms with van der Waals surface area (Å²) in [5.41, 5.74) is 2.97. The highest BCUT2D eigenvalue weighted by Gasteiger charge is 2.04. The summed E-state index contributed by atoms with van der Waals surface area (Å²) >= 11 is 5.04. The molecule has 6 nitrogen and oxygen atoms in total. The number of aromatic nitrogens is 3. The summed E-state index contributed by atoms with van der Waals surface area (Å²) in [5, 5.41) is 6.40. The van der Waals surface area contributed by atoms with Crippen LogP contribution in [0.2, 0.25) is 0 Å². The zero-order valence-electron chi connectivity index (χ0n) is 13.7. The second-order valence-electron chi connectivity index (χ2n) is 5.23. The summed E-state index contributed by atoms with van der Waals surface area (Å²) in [6.45, 7) is 2.03. The number of halogens is 1. The number of anilines is 4. The maximum atomic E-state index is 4.42. The lowest BCUT2D eigenvalue weighted by molar-refractivity contribution is 1.06. The van der Waals surface area contributed by atoms with E-state index in [4.69, 9.17) is 0 Å². The molecule has 25 heavy (non-hydrogen) atoms. The highest BCUT2D eigenvalue weighted by atomic mass is 79.9. The monoisotopic (exact) mass is 416 g/mol. The molecular weight excluding hydrogens is 400 g/mol. The van der Waals surface area contributed by atoms with E-state index in [1.807, 2.05) is 56.4 Å². The first-order chi connectivity index (χ1) is 12.1. The van der Waals surface area contributed by atoms with Crippen LogP contribution in [0.1, 0.15) is 5.56 Å². The van der Waals surface area contributed by atoms with Crippen molar-refractivity contribution in [1.29, 1.82) is 0 Å². The smallest absolute Gasteiger partial charge is 0.232 e. The number of nitrogens with one attached hydrogen (secondary N) is 3. The highest BCUT2D eigenvalue weighted by molar-refractivity contribution is 9.10. The molecule has 8 heteroatoms. The van der Waals surface area contributed by atoms with Crippen molar-refractivity contribution in [3.8, 4) is 0 Å². The zero-order chi connectivity index (χ0) is 17.6. The van der Waals surface area contributed by atoms with Gasteiger partial charge in [-0.05, 0) is 67.9 Å². The van der Waals surface area contributed by atoms with Crippen molar-refractivity contribution in [1.82, 2.24) is 19.7 Å². The van der Waals surface area contributed by atoms with Gasteiger partial charge in [0, 0.05) is 20.7 Å². The molecule has 0 amide bonds. The van der Waals surface area contributed by atoms with E-state index in [9.17, 15) is 0 Å². The summed E-state index contributed by atoms with van der Waals surface area (Å²) in [7, 11) is 1.89. The third-order valence-corrected chi connectivity index (χ3v) is 4.33. The summed E-state index contributed by atoms with van der Waals surface area (Å²) in [4.78, 5) is 13.9. The van der Waals surface area contributed by atoms with Crippen LogP contribution < -0.4 is 15.4 Å². The number of nitrogens with zero attached hydrogens (tertiary/aromatic N) is 3. The van der Waals surface area contributed by atoms with Gasteiger partial charge in [0.25, 0.3) is 0 Å². The van der Waals surface area contributed by atoms with Gasteiger partial charge in [-0.1, -0.05) is 22.0 Å². The van der Waals surface area contributed by atoms with Crippen LogP contribution in [0.3, 0.4) is 0 Å². The fourth-order valence-electron chi connectivity index (χ4n) is 2.24. The van der Waals surface area contributed by atoms with Gasteiger partial charge in [-0.25, -0.2) is 9.97 Å². The van der Waals surface area contributed by atoms with Crippen LogP contribution >= 0.6 is 27.9 Å². The first kappa shape index (κ1) is 17.7. The van der Waals surface area contributed by atoms with E-state index in [1.54, 1.807) is 11.9 Å². The quantitative estimate of drug-likeness (QED) is 0.504. The van der Waals surface area contributed by atoms with E-state index in [0.29, 0.717) is 11.9 Å². The number of aryl methyl sites for hydroxylation is 1. The molecule has 1 heterocycles. The SMILES string of the molecule is CNSc1cccc(Nc2ncnc(Nc3cc(C)cc(Br)c3)n2)c1. The maximum Gasteiger partial charge on any atom is 0.232 e. The molecule has 0 atom stereocenters. The number of hydrogen-bond donors (Lipinski definition) is 3. The minimum Gasteiger partial charge on any atom is -0.324 e. The number of hydrogen-bond acceptors (Lipinski definition) is 7. The molecule has 2 aromatic carbocycles. The Bertz CT molecular complexity index is 853. The van der Waals surface area contributed by atoms with Crippen molar-refractivity contribution in [2.24, 2.45) is 0 Å². The molecular formula is C17H17BrN6S. The van der Waals surface area contributed by atoms with Gasteiger partial charge in [-0.2, -0.15) is 4.98 Å². The van der Waals surface area contributed by atoms with Gasteiger partial charge in [-0.3, -0.25) is 4.72 Å². The Morgan fingerprint density at radius 2 is 1.72 bits per heavy atom. The largest absolute Gasteiger partial charge is 0.324 e. The molecule has 0 bridgehead atoms. The average molecular weight is 417 g/mol. The maximum absolute atomic E-state index is 4.42. The minimum absolute atomic E-state index is 0.482. The predicted octanol–water partition coefficient (Wildman–Crippen LogP) is 4.66. The molecule has 0 aliphatic heterocycles. The molecule has 0 saturated heterocycles. The van der Waals surface area contributed by atoms with Crippen molar-refractivity contribution < 1.29 is 0 Å². The molecule has 0 unspecified atom stereocenters. The van der Waals surface area contributed by atoms with Crippen LogP contribution in [0.25, 0.3) is 0 Å². The second kappa shape index (κ2) is 8.28. The van der Waals surface area contributed by atoms with Crippen LogP contribution in [-0.2, 0) is 0 Å². The lowest BCUT2D eigenvalue weighted by Crippen LogP contribution is -2.03. The van der Waals surface area contributed by atoms with Crippen LogP contribution in [0.5, 0.6) is 0 Å². The Morgan fingerprint density at radius 1 is 0.960 bits per heavy atom. The molecule has 0 fully saturated rings. The third-order valence-electron chi connectivity index (χ3n) is 3.18. The minimum atomic E-state index is 0.482. The molecule has 3 aromatic rings. The van der Waals surface area contributed by atoms with Crippen LogP contribution in [0.15, 0.2) is 58.2 Å². The van der Waals surface area contributed by atoms with E-state index in [-0.39, 0.29) is 0 Å². The molecule has 3 N–H and O–H groups in total. The zero-order valence-corrected chi connectivity index (χ0v) is 16.1. The van der Waals surface area contributed by atoms with E-state index < -0.39 is 0 Å². The van der Waals surface area contributed by atoms with E-state index >= 15 is 0 Å². The normalized spacial score (nSPS) is 10.5. The van der Waals surface area contributed by atoms with Crippen molar-refractivity contribution in [2.45, 2.75) is 11.8 Å². The van der Waals surface area contributed by atoms with E-state index in [0.717, 1.165) is 26.3 Å². The molecule has 1 aromatic heterocycles. The first-order valence-corrected chi connectivity index (χ1v) is 9.17. The van der Waals surface area contributed by atoms with Crippen molar-refractivity contribution in [2.75, 3.05) is 17.7 Å². The molecule has 0 saturated carbocycles. The van der Waals surface area contributed by atoms with E-state index in [1.165, 1.54) is 6.33 Å². The Kier molecular flexibility index (Phi) is 5.85. The molecule has 128 valence electrons. The third kappa shape index (κ3) is 5.15. The summed E-state index contributed by atoms with van der Waals surface area (Å²) < 4.78 is 4.06. The van der Waals surface area contributed by atoms with Crippen LogP contribution in [-0.4, -0.2) is 22.0 Å². The Hall–Kier alpha value is -2.16. The summed E-state index contributed by atoms with van der Waals surface area (Å²) in [6, 6.07) is 14.0. The number of benzene rings is 2. The van der Waals surface area contributed by atoms with Gasteiger partial charge < -0.3 is 10.6 Å². The topological polar surface area (TPSA) is 74.8 Å². The Labute approximate surface area is 159 Å². The van der Waals surface area contributed by atoms with Crippen molar-refractivity contribution in [3.63, 3.8) is 0 Å². The lowest BCUT2D eigenvalue weighted by atomic mass is 10.2. The average Bonchev–Trinajstić information content (AvgIpc) is 2.55. The summed E-state index contributed by atoms with van der Waals surface area (Å²) in [6.07, 6.45) is 1.48. The second-order valence-corrected chi connectivity index (χ2v) is 7.23. The molecule has 0 radical (unpaired) electrons. The standard InChI is InChI=1S/C17H17BrN6S/c1-11-6-12(18)8-14(7-11)23-17-21-10-20-16(24-17)22-13-4-3-5-15(9-13)25-19-2/h3-10,19H,1-2H3,(H2,20,21,22,23,24). The van der Waals surface area contributed by atoms with Gasteiger partial charge in [0.05, 0.1) is 0 Å². The van der Waals surface area contributed by atoms with Gasteiger partial charge in [0.1, 0.15) is 6.33 Å². The first-order valence-electron chi connectivity index (χ1n) is 7.56. The fourth-order valence-corrected chi connectivity index (χ4v) is 3.41. The van der Waals surface area contributed by atoms with Crippen LogP contribution in [0.4, 0.5) is 23.3 Å². The Morgan fingerprint density at radius 3 is 2.44 bits per heavy atom. The van der Waals surface area contributed by atoms with Gasteiger partial charge >= 0.3 is 0 Å². The molecule has 0 spiro atoms. The Balaban J connectivity index is 1.76. The molecule has 3 rings (SSSR count). The van der Waals surface area contributed by atoms with Crippen LogP contribution in [0, 0.1) is 6.92 Å². The van der Waals surface area contributed by atoms with Gasteiger partial charge in [-0.15, -0.1) is 0 Å². The highest BCUT2D eigenvalue weighted by Crippen LogP contribution is 2.23. The molecule has 0 aliphatic carbocycles. The number of rotatable bonds is 6. The van der Waals surface area contributed by atoms with E-state index in [2.05, 4.69) is 46.2 Å². The van der Waals surface area contributed by atoms with Gasteiger partial charge in [0.15, 0.2) is 0 Å². The predicted molar refractivity (Wildman–Crippen MR) is 107 cm³/mol. The lowest BCUT2D eigenvalue weighted by Gasteiger charge is -2.09. The van der Waals surface area contributed by atoms with Gasteiger partial charge in [0.2, 0.25) is 11.9 Å². The summed E-state index contributed by atoms with van der Waals surface area (Å²) in [5.74, 6) is 0.964.